The molecule has 0 radical (unpaired) electrons. The van der Waals surface area contributed by atoms with Gasteiger partial charge in [0.05, 0.1) is 5.71 Å². The van der Waals surface area contributed by atoms with Crippen molar-refractivity contribution in [3.63, 3.8) is 0 Å². The topological polar surface area (TPSA) is 37.5 Å². The highest BCUT2D eigenvalue weighted by Gasteiger charge is 2.11. The van der Waals surface area contributed by atoms with Gasteiger partial charge in [-0.15, -0.1) is 0 Å². The molecule has 50 heavy (non-hydrogen) atoms. The SMILES string of the molecule is C=C/C=C/C=C\C=C/N=C(\C=C(/C)c1ccc(-c2ccccc2)cc1)C1=C/C=C\CN/C=C/C=C/C(c2ccc3oc4ccccc4c3c2)=C1. The van der Waals surface area contributed by atoms with Crippen molar-refractivity contribution in [2.75, 3.05) is 6.54 Å². The fourth-order valence-corrected chi connectivity index (χ4v) is 5.65. The Bertz CT molecular complexity index is 2260. The molecule has 0 atom stereocenters. The van der Waals surface area contributed by atoms with Crippen LogP contribution in [0.4, 0.5) is 0 Å². The third-order valence-corrected chi connectivity index (χ3v) is 8.25. The summed E-state index contributed by atoms with van der Waals surface area (Å²) in [6.45, 7) is 6.59. The van der Waals surface area contributed by atoms with Crippen LogP contribution in [-0.4, -0.2) is 12.3 Å². The van der Waals surface area contributed by atoms with Gasteiger partial charge >= 0.3 is 0 Å². The molecule has 0 spiro atoms. The van der Waals surface area contributed by atoms with Crippen molar-refractivity contribution in [3.8, 4) is 11.1 Å². The monoisotopic (exact) mass is 648 g/mol. The summed E-state index contributed by atoms with van der Waals surface area (Å²) in [6.07, 6.45) is 32.2. The average molecular weight is 649 g/mol. The summed E-state index contributed by atoms with van der Waals surface area (Å²) in [4.78, 5) is 5.02. The van der Waals surface area contributed by atoms with Crippen molar-refractivity contribution in [2.45, 2.75) is 6.92 Å². The molecular formula is C47H40N2O. The molecule has 4 aromatic carbocycles. The van der Waals surface area contributed by atoms with Gasteiger partial charge in [0.2, 0.25) is 0 Å². The van der Waals surface area contributed by atoms with Gasteiger partial charge in [-0.1, -0.05) is 146 Å². The first-order chi connectivity index (χ1) is 24.7. The molecule has 0 amide bonds. The van der Waals surface area contributed by atoms with Gasteiger partial charge in [-0.05, 0) is 89.0 Å². The van der Waals surface area contributed by atoms with Crippen LogP contribution in [0.1, 0.15) is 18.1 Å². The molecule has 6 rings (SSSR count). The molecule has 5 aromatic rings. The van der Waals surface area contributed by atoms with Gasteiger partial charge in [0.1, 0.15) is 11.2 Å². The Kier molecular flexibility index (Phi) is 11.4. The number of para-hydroxylation sites is 1. The lowest BCUT2D eigenvalue weighted by Crippen LogP contribution is -2.03. The standard InChI is InChI=1S/C47H40N2O/c1-3-4-5-6-7-15-32-49-45(33-36(2)37-24-26-39(27-25-37)38-18-9-8-10-19-38)42-21-14-17-31-48-30-16-13-20-40(34-42)41-28-29-47-44(35-41)43-22-11-12-23-46(43)50-47/h3-30,32-35,48H,1,31H2,2H3/b5-4+,7-6-,17-14-,20-13+,30-16+,32-15-,36-33+,40-34?,42-21?,49-45+. The number of rotatable bonds is 9. The van der Waals surface area contributed by atoms with E-state index in [1.54, 1.807) is 6.08 Å². The predicted molar refractivity (Wildman–Crippen MR) is 216 cm³/mol. The summed E-state index contributed by atoms with van der Waals surface area (Å²) in [5.41, 5.74) is 10.3. The van der Waals surface area contributed by atoms with Gasteiger partial charge < -0.3 is 9.73 Å². The molecule has 1 N–H and O–H groups in total. The van der Waals surface area contributed by atoms with Gasteiger partial charge in [-0.2, -0.15) is 0 Å². The molecule has 0 saturated carbocycles. The first-order valence-electron chi connectivity index (χ1n) is 16.8. The van der Waals surface area contributed by atoms with E-state index in [9.17, 15) is 0 Å². The van der Waals surface area contributed by atoms with Crippen LogP contribution in [0.3, 0.4) is 0 Å². The molecule has 3 nitrogen and oxygen atoms in total. The maximum absolute atomic E-state index is 6.14. The maximum atomic E-state index is 6.14. The molecule has 1 aliphatic heterocycles. The van der Waals surface area contributed by atoms with Crippen LogP contribution in [-0.2, 0) is 0 Å². The largest absolute Gasteiger partial charge is 0.456 e. The third kappa shape index (κ3) is 8.71. The minimum absolute atomic E-state index is 0.715. The number of hydrogen-bond acceptors (Lipinski definition) is 3. The van der Waals surface area contributed by atoms with E-state index in [-0.39, 0.29) is 0 Å². The molecule has 3 heteroatoms. The summed E-state index contributed by atoms with van der Waals surface area (Å²) in [5, 5.41) is 5.51. The molecule has 1 aliphatic rings. The lowest BCUT2D eigenvalue weighted by molar-refractivity contribution is 0.669. The fraction of sp³-hybridized carbons (Fsp3) is 0.0426. The van der Waals surface area contributed by atoms with Crippen LogP contribution in [0.2, 0.25) is 0 Å². The van der Waals surface area contributed by atoms with Crippen molar-refractivity contribution in [1.29, 1.82) is 0 Å². The Morgan fingerprint density at radius 3 is 2.34 bits per heavy atom. The minimum Gasteiger partial charge on any atom is -0.456 e. The zero-order valence-corrected chi connectivity index (χ0v) is 28.2. The van der Waals surface area contributed by atoms with E-state index in [0.717, 1.165) is 55.5 Å². The van der Waals surface area contributed by atoms with Gasteiger partial charge in [0.25, 0.3) is 0 Å². The van der Waals surface area contributed by atoms with Gasteiger partial charge in [-0.3, -0.25) is 4.99 Å². The van der Waals surface area contributed by atoms with Crippen LogP contribution in [0, 0.1) is 0 Å². The van der Waals surface area contributed by atoms with Crippen molar-refractivity contribution in [3.05, 3.63) is 218 Å². The average Bonchev–Trinajstić information content (AvgIpc) is 3.53. The quantitative estimate of drug-likeness (QED) is 0.128. The summed E-state index contributed by atoms with van der Waals surface area (Å²) < 4.78 is 6.14. The normalized spacial score (nSPS) is 16.6. The van der Waals surface area contributed by atoms with E-state index in [0.29, 0.717) is 6.54 Å². The van der Waals surface area contributed by atoms with Gasteiger partial charge in [-0.25, -0.2) is 0 Å². The van der Waals surface area contributed by atoms with Crippen LogP contribution < -0.4 is 5.32 Å². The van der Waals surface area contributed by atoms with Crippen LogP contribution in [0.15, 0.2) is 216 Å². The summed E-state index contributed by atoms with van der Waals surface area (Å²) in [5.74, 6) is 0. The van der Waals surface area contributed by atoms with Crippen molar-refractivity contribution in [2.24, 2.45) is 4.99 Å². The summed E-state index contributed by atoms with van der Waals surface area (Å²) in [7, 11) is 0. The van der Waals surface area contributed by atoms with E-state index >= 15 is 0 Å². The van der Waals surface area contributed by atoms with E-state index < -0.39 is 0 Å². The zero-order valence-electron chi connectivity index (χ0n) is 28.2. The lowest BCUT2D eigenvalue weighted by atomic mass is 9.96. The minimum atomic E-state index is 0.715. The van der Waals surface area contributed by atoms with E-state index in [1.165, 1.54) is 11.1 Å². The Hall–Kier alpha value is -6.45. The molecule has 0 fully saturated rings. The molecule has 0 unspecified atom stereocenters. The number of nitrogens with zero attached hydrogens (tertiary/aromatic N) is 1. The number of hydrogen-bond donors (Lipinski definition) is 1. The molecule has 1 aromatic heterocycles. The second-order valence-electron chi connectivity index (χ2n) is 11.7. The highest BCUT2D eigenvalue weighted by molar-refractivity contribution is 6.15. The maximum Gasteiger partial charge on any atom is 0.135 e. The third-order valence-electron chi connectivity index (χ3n) is 8.25. The number of furan rings is 1. The molecule has 2 heterocycles. The number of allylic oxidation sites excluding steroid dienone is 16. The number of aliphatic imine (C=N–C) groups is 1. The molecule has 0 saturated heterocycles. The van der Waals surface area contributed by atoms with E-state index in [2.05, 4.69) is 140 Å². The first kappa shape index (κ1) is 33.5. The molecular weight excluding hydrogens is 609 g/mol. The Morgan fingerprint density at radius 2 is 1.48 bits per heavy atom. The molecule has 0 aliphatic carbocycles. The Labute approximate surface area is 295 Å². The Morgan fingerprint density at radius 1 is 0.740 bits per heavy atom. The van der Waals surface area contributed by atoms with Gasteiger partial charge in [0.15, 0.2) is 0 Å². The zero-order chi connectivity index (χ0) is 34.4. The second kappa shape index (κ2) is 17.1. The lowest BCUT2D eigenvalue weighted by Gasteiger charge is -2.10. The van der Waals surface area contributed by atoms with Crippen LogP contribution >= 0.6 is 0 Å². The first-order valence-corrected chi connectivity index (χ1v) is 16.8. The summed E-state index contributed by atoms with van der Waals surface area (Å²) >= 11 is 0. The number of fused-ring (bicyclic) bond motifs is 3. The van der Waals surface area contributed by atoms with Crippen LogP contribution in [0.5, 0.6) is 0 Å². The fourth-order valence-electron chi connectivity index (χ4n) is 5.65. The highest BCUT2D eigenvalue weighted by atomic mass is 16.3. The highest BCUT2D eigenvalue weighted by Crippen LogP contribution is 2.32. The summed E-state index contributed by atoms with van der Waals surface area (Å²) in [6, 6.07) is 33.7. The Balaban J connectivity index is 1.45. The molecule has 0 bridgehead atoms. The predicted octanol–water partition coefficient (Wildman–Crippen LogP) is 12.1. The second-order valence-corrected chi connectivity index (χ2v) is 11.7. The smallest absolute Gasteiger partial charge is 0.135 e. The number of benzene rings is 4. The van der Waals surface area contributed by atoms with Crippen molar-refractivity contribution < 1.29 is 4.42 Å². The van der Waals surface area contributed by atoms with Gasteiger partial charge in [0, 0.05) is 29.1 Å². The van der Waals surface area contributed by atoms with E-state index in [4.69, 9.17) is 9.41 Å². The van der Waals surface area contributed by atoms with Crippen LogP contribution in [0.25, 0.3) is 44.2 Å². The van der Waals surface area contributed by atoms with Crippen molar-refractivity contribution in [1.82, 2.24) is 5.32 Å². The number of nitrogens with one attached hydrogen (secondary N) is 1. The molecule has 244 valence electrons. The van der Waals surface area contributed by atoms with E-state index in [1.807, 2.05) is 67.1 Å². The van der Waals surface area contributed by atoms with Crippen molar-refractivity contribution >= 4 is 38.8 Å².